The zero-order chi connectivity index (χ0) is 19.8. The van der Waals surface area contributed by atoms with Crippen LogP contribution >= 0.6 is 11.6 Å². The number of rotatable bonds is 6. The zero-order valence-corrected chi connectivity index (χ0v) is 17.5. The second kappa shape index (κ2) is 10.7. The monoisotopic (exact) mass is 406 g/mol. The van der Waals surface area contributed by atoms with E-state index in [2.05, 4.69) is 29.3 Å². The number of carbonyl (C=O) groups is 1. The van der Waals surface area contributed by atoms with E-state index >= 15 is 0 Å². The van der Waals surface area contributed by atoms with Crippen LogP contribution in [0.4, 0.5) is 0 Å². The fourth-order valence-electron chi connectivity index (χ4n) is 3.66. The molecule has 0 aromatic heterocycles. The number of aryl methyl sites for hydroxylation is 1. The van der Waals surface area contributed by atoms with Crippen molar-refractivity contribution < 1.29 is 9.53 Å². The number of hydrogen-bond acceptors (Lipinski definition) is 3. The quantitative estimate of drug-likeness (QED) is 0.448. The lowest BCUT2D eigenvalue weighted by atomic mass is 10.1. The van der Waals surface area contributed by atoms with E-state index in [1.165, 1.54) is 5.56 Å². The molecule has 3 rings (SSSR count). The number of benzene rings is 1. The van der Waals surface area contributed by atoms with Gasteiger partial charge >= 0.3 is 0 Å². The number of aliphatic imine (C=N–C) groups is 1. The van der Waals surface area contributed by atoms with E-state index in [0.29, 0.717) is 6.61 Å². The highest BCUT2D eigenvalue weighted by atomic mass is 35.5. The molecule has 154 valence electrons. The maximum absolute atomic E-state index is 12.5. The lowest BCUT2D eigenvalue weighted by Crippen LogP contribution is -2.55. The maximum atomic E-state index is 12.5. The van der Waals surface area contributed by atoms with Crippen LogP contribution in [-0.4, -0.2) is 73.6 Å². The van der Waals surface area contributed by atoms with Crippen molar-refractivity contribution in [1.29, 1.82) is 0 Å². The fraction of sp³-hybridized carbons (Fsp3) is 0.619. The molecule has 1 aromatic rings. The molecule has 2 aliphatic heterocycles. The Bertz CT molecular complexity index is 651. The molecule has 28 heavy (non-hydrogen) atoms. The molecular weight excluding hydrogens is 376 g/mol. The summed E-state index contributed by atoms with van der Waals surface area (Å²) in [7, 11) is 0. The first-order chi connectivity index (χ1) is 13.7. The number of ether oxygens (including phenoxy) is 1. The molecule has 1 atom stereocenters. The Kier molecular flexibility index (Phi) is 7.98. The Labute approximate surface area is 172 Å². The van der Waals surface area contributed by atoms with Crippen LogP contribution < -0.4 is 5.32 Å². The Hall–Kier alpha value is -1.79. The van der Waals surface area contributed by atoms with E-state index in [4.69, 9.17) is 21.3 Å². The first-order valence-electron chi connectivity index (χ1n) is 10.4. The summed E-state index contributed by atoms with van der Waals surface area (Å²) in [6.45, 7) is 7.49. The van der Waals surface area contributed by atoms with Crippen molar-refractivity contribution in [3.8, 4) is 0 Å². The van der Waals surface area contributed by atoms with Crippen molar-refractivity contribution in [3.63, 3.8) is 0 Å². The molecule has 0 spiro atoms. The van der Waals surface area contributed by atoms with E-state index in [1.807, 2.05) is 17.0 Å². The molecule has 7 heteroatoms. The van der Waals surface area contributed by atoms with Gasteiger partial charge in [-0.2, -0.15) is 0 Å². The van der Waals surface area contributed by atoms with Gasteiger partial charge < -0.3 is 19.9 Å². The van der Waals surface area contributed by atoms with Gasteiger partial charge in [0.2, 0.25) is 0 Å². The molecule has 1 N–H and O–H groups in total. The highest BCUT2D eigenvalue weighted by Crippen LogP contribution is 2.16. The molecule has 2 saturated heterocycles. The van der Waals surface area contributed by atoms with Gasteiger partial charge in [0.25, 0.3) is 5.91 Å². The van der Waals surface area contributed by atoms with E-state index in [1.54, 1.807) is 0 Å². The molecule has 2 aliphatic rings. The van der Waals surface area contributed by atoms with Crippen molar-refractivity contribution >= 4 is 23.5 Å². The van der Waals surface area contributed by atoms with Gasteiger partial charge in [-0.25, -0.2) is 0 Å². The van der Waals surface area contributed by atoms with Crippen molar-refractivity contribution in [2.24, 2.45) is 4.99 Å². The van der Waals surface area contributed by atoms with Crippen LogP contribution in [0, 0.1) is 0 Å². The number of piperazine rings is 1. The molecule has 2 heterocycles. The highest BCUT2D eigenvalue weighted by Gasteiger charge is 2.30. The van der Waals surface area contributed by atoms with Crippen molar-refractivity contribution in [1.82, 2.24) is 15.1 Å². The molecule has 1 aromatic carbocycles. The fourth-order valence-corrected chi connectivity index (χ4v) is 3.79. The molecular formula is C21H31ClN4O2. The van der Waals surface area contributed by atoms with Crippen LogP contribution in [0.2, 0.25) is 5.02 Å². The van der Waals surface area contributed by atoms with Gasteiger partial charge in [0, 0.05) is 50.9 Å². The van der Waals surface area contributed by atoms with Gasteiger partial charge in [-0.3, -0.25) is 9.79 Å². The Morgan fingerprint density at radius 1 is 1.21 bits per heavy atom. The topological polar surface area (TPSA) is 57.2 Å². The minimum Gasteiger partial charge on any atom is -0.368 e. The van der Waals surface area contributed by atoms with Gasteiger partial charge in [0.15, 0.2) is 5.96 Å². The number of nitrogens with zero attached hydrogens (tertiary/aromatic N) is 3. The van der Waals surface area contributed by atoms with E-state index < -0.39 is 0 Å². The summed E-state index contributed by atoms with van der Waals surface area (Å²) in [6.07, 6.45) is 3.61. The van der Waals surface area contributed by atoms with Gasteiger partial charge in [-0.1, -0.05) is 23.7 Å². The molecule has 6 nitrogen and oxygen atoms in total. The third-order valence-corrected chi connectivity index (χ3v) is 5.48. The van der Waals surface area contributed by atoms with Gasteiger partial charge in [-0.05, 0) is 50.3 Å². The van der Waals surface area contributed by atoms with Crippen LogP contribution in [-0.2, 0) is 16.0 Å². The summed E-state index contributed by atoms with van der Waals surface area (Å²) < 4.78 is 5.54. The number of nitrogens with one attached hydrogen (secondary N) is 1. The van der Waals surface area contributed by atoms with Gasteiger partial charge in [0.05, 0.1) is 0 Å². The predicted molar refractivity (Wildman–Crippen MR) is 113 cm³/mol. The average Bonchev–Trinajstić information content (AvgIpc) is 3.26. The molecule has 2 fully saturated rings. The normalized spacial score (nSPS) is 20.5. The second-order valence-electron chi connectivity index (χ2n) is 7.28. The SMILES string of the molecule is CCNC(=NCCCc1ccc(Cl)cc1)N1CCN(C(=O)C2CCCO2)CC1. The molecule has 1 unspecified atom stereocenters. The predicted octanol–water partition coefficient (Wildman–Crippen LogP) is 2.56. The lowest BCUT2D eigenvalue weighted by Gasteiger charge is -2.37. The van der Waals surface area contributed by atoms with Crippen LogP contribution in [0.1, 0.15) is 31.7 Å². The van der Waals surface area contributed by atoms with Crippen molar-refractivity contribution in [3.05, 3.63) is 34.9 Å². The number of hydrogen-bond donors (Lipinski definition) is 1. The van der Waals surface area contributed by atoms with Crippen molar-refractivity contribution in [2.45, 2.75) is 38.7 Å². The maximum Gasteiger partial charge on any atom is 0.251 e. The van der Waals surface area contributed by atoms with Crippen LogP contribution in [0.25, 0.3) is 0 Å². The number of halogens is 1. The van der Waals surface area contributed by atoms with Crippen LogP contribution in [0.15, 0.2) is 29.3 Å². The standard InChI is InChI=1S/C21H31ClN4O2/c1-2-23-21(24-11-3-5-17-7-9-18(22)10-8-17)26-14-12-25(13-15-26)20(27)19-6-4-16-28-19/h7-10,19H,2-6,11-16H2,1H3,(H,23,24). The number of guanidine groups is 1. The first-order valence-corrected chi connectivity index (χ1v) is 10.7. The van der Waals surface area contributed by atoms with Crippen molar-refractivity contribution in [2.75, 3.05) is 45.9 Å². The third kappa shape index (κ3) is 5.85. The Morgan fingerprint density at radius 3 is 2.57 bits per heavy atom. The largest absolute Gasteiger partial charge is 0.368 e. The van der Waals surface area contributed by atoms with Crippen LogP contribution in [0.3, 0.4) is 0 Å². The van der Waals surface area contributed by atoms with E-state index in [-0.39, 0.29) is 12.0 Å². The molecule has 0 aliphatic carbocycles. The summed E-state index contributed by atoms with van der Waals surface area (Å²) in [4.78, 5) is 21.5. The minimum absolute atomic E-state index is 0.155. The third-order valence-electron chi connectivity index (χ3n) is 5.23. The zero-order valence-electron chi connectivity index (χ0n) is 16.7. The van der Waals surface area contributed by atoms with Gasteiger partial charge in [-0.15, -0.1) is 0 Å². The summed E-state index contributed by atoms with van der Waals surface area (Å²) in [5.41, 5.74) is 1.28. The molecule has 0 bridgehead atoms. The number of amides is 1. The Balaban J connectivity index is 1.46. The van der Waals surface area contributed by atoms with E-state index in [0.717, 1.165) is 75.9 Å². The first kappa shape index (κ1) is 20.9. The molecule has 1 amide bonds. The molecule has 0 radical (unpaired) electrons. The number of carbonyl (C=O) groups excluding carboxylic acids is 1. The van der Waals surface area contributed by atoms with E-state index in [9.17, 15) is 4.79 Å². The van der Waals surface area contributed by atoms with Crippen LogP contribution in [0.5, 0.6) is 0 Å². The molecule has 0 saturated carbocycles. The minimum atomic E-state index is -0.221. The summed E-state index contributed by atoms with van der Waals surface area (Å²) in [5.74, 6) is 1.10. The second-order valence-corrected chi connectivity index (χ2v) is 7.72. The lowest BCUT2D eigenvalue weighted by molar-refractivity contribution is -0.142. The average molecular weight is 407 g/mol. The summed E-state index contributed by atoms with van der Waals surface area (Å²) in [6, 6.07) is 8.01. The smallest absolute Gasteiger partial charge is 0.251 e. The Morgan fingerprint density at radius 2 is 1.93 bits per heavy atom. The van der Waals surface area contributed by atoms with Gasteiger partial charge in [0.1, 0.15) is 6.10 Å². The highest BCUT2D eigenvalue weighted by molar-refractivity contribution is 6.30. The summed E-state index contributed by atoms with van der Waals surface area (Å²) in [5, 5.41) is 4.16. The summed E-state index contributed by atoms with van der Waals surface area (Å²) >= 11 is 5.93.